The Bertz CT molecular complexity index is 414. The molecule has 1 atom stereocenters. The van der Waals surface area contributed by atoms with Gasteiger partial charge in [-0.1, -0.05) is 24.3 Å². The van der Waals surface area contributed by atoms with Gasteiger partial charge < -0.3 is 10.1 Å². The van der Waals surface area contributed by atoms with Crippen molar-refractivity contribution >= 4 is 0 Å². The third-order valence-corrected chi connectivity index (χ3v) is 4.14. The molecule has 20 heavy (non-hydrogen) atoms. The minimum Gasteiger partial charge on any atom is -0.377 e. The van der Waals surface area contributed by atoms with Gasteiger partial charge >= 0.3 is 0 Å². The first-order chi connectivity index (χ1) is 9.79. The van der Waals surface area contributed by atoms with Gasteiger partial charge in [0.15, 0.2) is 0 Å². The lowest BCUT2D eigenvalue weighted by atomic mass is 10.1. The molecule has 0 amide bonds. The average Bonchev–Trinajstić information content (AvgIpc) is 3.27. The van der Waals surface area contributed by atoms with Crippen LogP contribution in [0.4, 0.5) is 0 Å². The van der Waals surface area contributed by atoms with Crippen molar-refractivity contribution in [2.75, 3.05) is 19.7 Å². The molecule has 1 aliphatic carbocycles. The molecule has 1 aromatic rings. The molecule has 0 aromatic heterocycles. The average molecular weight is 274 g/mol. The summed E-state index contributed by atoms with van der Waals surface area (Å²) in [5.41, 5.74) is 2.81. The molecule has 2 aliphatic rings. The molecule has 1 heterocycles. The number of hydrogen-bond acceptors (Lipinski definition) is 3. The normalized spacial score (nSPS) is 24.6. The molecule has 3 rings (SSSR count). The van der Waals surface area contributed by atoms with Crippen molar-refractivity contribution < 1.29 is 4.74 Å². The lowest BCUT2D eigenvalue weighted by molar-refractivity contribution is 0.0668. The van der Waals surface area contributed by atoms with Gasteiger partial charge in [0, 0.05) is 38.8 Å². The van der Waals surface area contributed by atoms with Crippen LogP contribution in [0.25, 0.3) is 0 Å². The fraction of sp³-hybridized carbons (Fsp3) is 0.647. The second kappa shape index (κ2) is 6.70. The van der Waals surface area contributed by atoms with Crippen LogP contribution in [0, 0.1) is 0 Å². The maximum Gasteiger partial charge on any atom is 0.0674 e. The smallest absolute Gasteiger partial charge is 0.0674 e. The number of benzene rings is 1. The van der Waals surface area contributed by atoms with Crippen LogP contribution in [-0.2, 0) is 17.8 Å². The van der Waals surface area contributed by atoms with Crippen LogP contribution in [-0.4, -0.2) is 36.7 Å². The van der Waals surface area contributed by atoms with E-state index in [0.717, 1.165) is 45.2 Å². The minimum absolute atomic E-state index is 0.361. The Morgan fingerprint density at radius 1 is 1.20 bits per heavy atom. The van der Waals surface area contributed by atoms with E-state index in [2.05, 4.69) is 41.4 Å². The quantitative estimate of drug-likeness (QED) is 0.893. The molecule has 0 spiro atoms. The number of hydrogen-bond donors (Lipinski definition) is 1. The fourth-order valence-electron chi connectivity index (χ4n) is 2.79. The van der Waals surface area contributed by atoms with Gasteiger partial charge in [-0.25, -0.2) is 0 Å². The van der Waals surface area contributed by atoms with Crippen LogP contribution in [0.1, 0.15) is 37.3 Å². The highest BCUT2D eigenvalue weighted by molar-refractivity contribution is 5.22. The van der Waals surface area contributed by atoms with Crippen LogP contribution in [0.3, 0.4) is 0 Å². The van der Waals surface area contributed by atoms with Gasteiger partial charge in [0.1, 0.15) is 0 Å². The predicted octanol–water partition coefficient (Wildman–Crippen LogP) is 2.55. The molecule has 1 aliphatic heterocycles. The highest BCUT2D eigenvalue weighted by Crippen LogP contribution is 2.19. The Balaban J connectivity index is 1.51. The van der Waals surface area contributed by atoms with E-state index in [1.165, 1.54) is 24.0 Å². The van der Waals surface area contributed by atoms with Crippen molar-refractivity contribution in [2.45, 2.75) is 51.4 Å². The van der Waals surface area contributed by atoms with Gasteiger partial charge in [0.2, 0.25) is 0 Å². The highest BCUT2D eigenvalue weighted by atomic mass is 16.5. The predicted molar refractivity (Wildman–Crippen MR) is 81.6 cm³/mol. The molecule has 1 aromatic carbocycles. The number of rotatable bonds is 5. The van der Waals surface area contributed by atoms with Crippen LogP contribution in [0.15, 0.2) is 24.3 Å². The molecule has 110 valence electrons. The molecule has 1 saturated heterocycles. The first-order valence-corrected chi connectivity index (χ1v) is 7.95. The van der Waals surface area contributed by atoms with Gasteiger partial charge in [-0.15, -0.1) is 0 Å². The lowest BCUT2D eigenvalue weighted by Gasteiger charge is -2.21. The van der Waals surface area contributed by atoms with Crippen molar-refractivity contribution in [3.05, 3.63) is 35.4 Å². The monoisotopic (exact) mass is 274 g/mol. The van der Waals surface area contributed by atoms with Crippen LogP contribution in [0.2, 0.25) is 0 Å². The van der Waals surface area contributed by atoms with Gasteiger partial charge in [-0.2, -0.15) is 0 Å². The summed E-state index contributed by atoms with van der Waals surface area (Å²) in [4.78, 5) is 2.51. The third-order valence-electron chi connectivity index (χ3n) is 4.14. The van der Waals surface area contributed by atoms with Crippen LogP contribution in [0.5, 0.6) is 0 Å². The Kier molecular flexibility index (Phi) is 4.71. The first-order valence-electron chi connectivity index (χ1n) is 7.95. The second-order valence-corrected chi connectivity index (χ2v) is 6.24. The molecule has 1 N–H and O–H groups in total. The van der Waals surface area contributed by atoms with Gasteiger partial charge in [0.05, 0.1) is 6.10 Å². The number of nitrogens with one attached hydrogen (secondary N) is 1. The highest BCUT2D eigenvalue weighted by Gasteiger charge is 2.20. The van der Waals surface area contributed by atoms with E-state index in [4.69, 9.17) is 4.74 Å². The van der Waals surface area contributed by atoms with Crippen molar-refractivity contribution in [3.8, 4) is 0 Å². The molecule has 0 radical (unpaired) electrons. The summed E-state index contributed by atoms with van der Waals surface area (Å²) in [6.45, 7) is 7.33. The largest absolute Gasteiger partial charge is 0.377 e. The van der Waals surface area contributed by atoms with Crippen molar-refractivity contribution in [1.29, 1.82) is 0 Å². The molecule has 1 unspecified atom stereocenters. The Morgan fingerprint density at radius 3 is 2.70 bits per heavy atom. The molecule has 3 heteroatoms. The topological polar surface area (TPSA) is 24.5 Å². The van der Waals surface area contributed by atoms with E-state index < -0.39 is 0 Å². The van der Waals surface area contributed by atoms with E-state index in [0.29, 0.717) is 6.10 Å². The van der Waals surface area contributed by atoms with E-state index >= 15 is 0 Å². The Labute approximate surface area is 122 Å². The summed E-state index contributed by atoms with van der Waals surface area (Å²) in [5, 5.41) is 3.56. The van der Waals surface area contributed by atoms with Crippen molar-refractivity contribution in [3.63, 3.8) is 0 Å². The van der Waals surface area contributed by atoms with E-state index in [1.807, 2.05) is 0 Å². The van der Waals surface area contributed by atoms with Gasteiger partial charge in [-0.05, 0) is 37.3 Å². The summed E-state index contributed by atoms with van der Waals surface area (Å²) in [6, 6.07) is 9.87. The van der Waals surface area contributed by atoms with E-state index in [9.17, 15) is 0 Å². The first kappa shape index (κ1) is 14.1. The SMILES string of the molecule is CC1CN(Cc2ccc(CNC3CC3)cc2)CCCO1. The zero-order valence-corrected chi connectivity index (χ0v) is 12.5. The van der Waals surface area contributed by atoms with E-state index in [-0.39, 0.29) is 0 Å². The maximum atomic E-state index is 5.70. The molecule has 2 fully saturated rings. The molecular formula is C17H26N2O. The Morgan fingerprint density at radius 2 is 1.95 bits per heavy atom. The van der Waals surface area contributed by atoms with Crippen LogP contribution < -0.4 is 5.32 Å². The standard InChI is InChI=1S/C17H26N2O/c1-14-12-19(9-2-10-20-14)13-16-5-3-15(4-6-16)11-18-17-7-8-17/h3-6,14,17-18H,2,7-13H2,1H3. The van der Waals surface area contributed by atoms with Gasteiger partial charge in [-0.3, -0.25) is 4.90 Å². The third kappa shape index (κ3) is 4.30. The van der Waals surface area contributed by atoms with Crippen LogP contribution >= 0.6 is 0 Å². The summed E-state index contributed by atoms with van der Waals surface area (Å²) >= 11 is 0. The molecule has 1 saturated carbocycles. The fourth-order valence-corrected chi connectivity index (χ4v) is 2.79. The number of ether oxygens (including phenoxy) is 1. The van der Waals surface area contributed by atoms with Gasteiger partial charge in [0.25, 0.3) is 0 Å². The zero-order valence-electron chi connectivity index (χ0n) is 12.5. The summed E-state index contributed by atoms with van der Waals surface area (Å²) in [6.07, 6.45) is 4.22. The molecule has 0 bridgehead atoms. The summed E-state index contributed by atoms with van der Waals surface area (Å²) in [7, 11) is 0. The maximum absolute atomic E-state index is 5.70. The van der Waals surface area contributed by atoms with E-state index in [1.54, 1.807) is 0 Å². The second-order valence-electron chi connectivity index (χ2n) is 6.24. The minimum atomic E-state index is 0.361. The molecule has 3 nitrogen and oxygen atoms in total. The molecular weight excluding hydrogens is 248 g/mol. The summed E-state index contributed by atoms with van der Waals surface area (Å²) in [5.74, 6) is 0. The Hall–Kier alpha value is -0.900. The summed E-state index contributed by atoms with van der Waals surface area (Å²) < 4.78 is 5.70. The zero-order chi connectivity index (χ0) is 13.8. The van der Waals surface area contributed by atoms with Crippen molar-refractivity contribution in [1.82, 2.24) is 10.2 Å². The lowest BCUT2D eigenvalue weighted by Crippen LogP contribution is -2.29. The number of nitrogens with zero attached hydrogens (tertiary/aromatic N) is 1. The van der Waals surface area contributed by atoms with Crippen molar-refractivity contribution in [2.24, 2.45) is 0 Å².